The first-order valence-corrected chi connectivity index (χ1v) is 9.21. The van der Waals surface area contributed by atoms with E-state index >= 15 is 0 Å². The molecule has 1 atom stereocenters. The van der Waals surface area contributed by atoms with Gasteiger partial charge in [-0.25, -0.2) is 18.7 Å². The molecule has 0 aliphatic heterocycles. The standard InChI is InChI=1S/C20H24FN5O3/c1-12(2)10-20(3,25-19(27)28)11-29-13-4-5-14(15(21)8-13)16-9-17(22)24-18-6-7-23-26(16)18/h4-9,12,25H,10-11H2,1-3H3,(H2,22,24)(H,27,28). The summed E-state index contributed by atoms with van der Waals surface area (Å²) in [5.74, 6) is 0.300. The molecule has 1 amide bonds. The van der Waals surface area contributed by atoms with Crippen molar-refractivity contribution in [3.05, 3.63) is 42.3 Å². The number of halogens is 1. The van der Waals surface area contributed by atoms with E-state index < -0.39 is 17.4 Å². The van der Waals surface area contributed by atoms with Crippen LogP contribution in [0.25, 0.3) is 16.9 Å². The van der Waals surface area contributed by atoms with Gasteiger partial charge in [-0.15, -0.1) is 0 Å². The summed E-state index contributed by atoms with van der Waals surface area (Å²) in [5, 5.41) is 15.8. The van der Waals surface area contributed by atoms with E-state index in [0.717, 1.165) is 0 Å². The lowest BCUT2D eigenvalue weighted by Crippen LogP contribution is -2.50. The van der Waals surface area contributed by atoms with E-state index in [1.165, 1.54) is 10.6 Å². The van der Waals surface area contributed by atoms with Crippen molar-refractivity contribution in [1.82, 2.24) is 19.9 Å². The summed E-state index contributed by atoms with van der Waals surface area (Å²) in [6.45, 7) is 5.82. The third kappa shape index (κ3) is 4.74. The first kappa shape index (κ1) is 20.4. The Bertz CT molecular complexity index is 1040. The Labute approximate surface area is 167 Å². The molecule has 154 valence electrons. The fourth-order valence-electron chi connectivity index (χ4n) is 3.47. The molecule has 3 aromatic rings. The van der Waals surface area contributed by atoms with Crippen LogP contribution >= 0.6 is 0 Å². The number of hydrogen-bond donors (Lipinski definition) is 3. The fraction of sp³-hybridized carbons (Fsp3) is 0.350. The number of nitrogens with two attached hydrogens (primary N) is 1. The highest BCUT2D eigenvalue weighted by Crippen LogP contribution is 2.28. The van der Waals surface area contributed by atoms with Crippen molar-refractivity contribution >= 4 is 17.6 Å². The van der Waals surface area contributed by atoms with Gasteiger partial charge in [-0.3, -0.25) is 0 Å². The van der Waals surface area contributed by atoms with Gasteiger partial charge < -0.3 is 20.9 Å². The fourth-order valence-corrected chi connectivity index (χ4v) is 3.47. The Kier molecular flexibility index (Phi) is 5.58. The number of ether oxygens (including phenoxy) is 1. The molecule has 2 aromatic heterocycles. The number of nitrogen functional groups attached to an aromatic ring is 1. The lowest BCUT2D eigenvalue weighted by atomic mass is 9.91. The van der Waals surface area contributed by atoms with Crippen LogP contribution in [0.5, 0.6) is 5.75 Å². The largest absolute Gasteiger partial charge is 0.491 e. The zero-order chi connectivity index (χ0) is 21.2. The molecule has 1 unspecified atom stereocenters. The van der Waals surface area contributed by atoms with Gasteiger partial charge in [0.05, 0.1) is 17.4 Å². The monoisotopic (exact) mass is 401 g/mol. The predicted molar refractivity (Wildman–Crippen MR) is 107 cm³/mol. The molecule has 3 rings (SSSR count). The number of anilines is 1. The average Bonchev–Trinajstić information content (AvgIpc) is 3.06. The van der Waals surface area contributed by atoms with Crippen molar-refractivity contribution in [3.63, 3.8) is 0 Å². The van der Waals surface area contributed by atoms with Crippen LogP contribution in [0.2, 0.25) is 0 Å². The van der Waals surface area contributed by atoms with Crippen LogP contribution in [0.15, 0.2) is 36.5 Å². The third-order valence-corrected chi connectivity index (χ3v) is 4.42. The zero-order valence-corrected chi connectivity index (χ0v) is 16.5. The van der Waals surface area contributed by atoms with Crippen LogP contribution in [0.4, 0.5) is 15.0 Å². The molecule has 0 aliphatic rings. The number of nitrogens with one attached hydrogen (secondary N) is 1. The lowest BCUT2D eigenvalue weighted by molar-refractivity contribution is 0.143. The van der Waals surface area contributed by atoms with Gasteiger partial charge in [0.2, 0.25) is 0 Å². The maximum absolute atomic E-state index is 14.8. The molecule has 4 N–H and O–H groups in total. The molecule has 0 bridgehead atoms. The topological polar surface area (TPSA) is 115 Å². The maximum atomic E-state index is 14.8. The van der Waals surface area contributed by atoms with Crippen molar-refractivity contribution in [2.24, 2.45) is 5.92 Å². The first-order chi connectivity index (χ1) is 13.7. The van der Waals surface area contributed by atoms with Crippen LogP contribution in [-0.4, -0.2) is 37.9 Å². The summed E-state index contributed by atoms with van der Waals surface area (Å²) in [5.41, 5.74) is 6.31. The Morgan fingerprint density at radius 2 is 2.14 bits per heavy atom. The van der Waals surface area contributed by atoms with Gasteiger partial charge in [0.25, 0.3) is 0 Å². The maximum Gasteiger partial charge on any atom is 0.405 e. The van der Waals surface area contributed by atoms with Crippen LogP contribution in [-0.2, 0) is 0 Å². The number of amides is 1. The van der Waals surface area contributed by atoms with E-state index in [2.05, 4.69) is 15.4 Å². The minimum Gasteiger partial charge on any atom is -0.491 e. The number of rotatable bonds is 7. The Morgan fingerprint density at radius 3 is 2.79 bits per heavy atom. The van der Waals surface area contributed by atoms with Crippen molar-refractivity contribution in [2.45, 2.75) is 32.7 Å². The summed E-state index contributed by atoms with van der Waals surface area (Å²) in [7, 11) is 0. The van der Waals surface area contributed by atoms with Gasteiger partial charge in [-0.05, 0) is 31.4 Å². The number of carboxylic acid groups (broad SMARTS) is 1. The smallest absolute Gasteiger partial charge is 0.405 e. The summed E-state index contributed by atoms with van der Waals surface area (Å²) < 4.78 is 22.1. The molecule has 0 saturated heterocycles. The quantitative estimate of drug-likeness (QED) is 0.558. The predicted octanol–water partition coefficient (Wildman–Crippen LogP) is 3.57. The Balaban J connectivity index is 1.84. The van der Waals surface area contributed by atoms with Crippen LogP contribution in [0, 0.1) is 11.7 Å². The van der Waals surface area contributed by atoms with E-state index in [0.29, 0.717) is 29.1 Å². The van der Waals surface area contributed by atoms with E-state index in [1.807, 2.05) is 13.8 Å². The van der Waals surface area contributed by atoms with Crippen molar-refractivity contribution < 1.29 is 19.0 Å². The van der Waals surface area contributed by atoms with Gasteiger partial charge >= 0.3 is 6.09 Å². The van der Waals surface area contributed by atoms with E-state index in [4.69, 9.17) is 15.6 Å². The SMILES string of the molecule is CC(C)CC(C)(COc1ccc(-c2cc(N)nc3ccnn23)c(F)c1)NC(=O)O. The molecule has 29 heavy (non-hydrogen) atoms. The minimum atomic E-state index is -1.13. The molecule has 8 nitrogen and oxygen atoms in total. The van der Waals surface area contributed by atoms with E-state index in [9.17, 15) is 9.18 Å². The van der Waals surface area contributed by atoms with Gasteiger partial charge in [-0.1, -0.05) is 13.8 Å². The third-order valence-electron chi connectivity index (χ3n) is 4.42. The van der Waals surface area contributed by atoms with Gasteiger partial charge in [-0.2, -0.15) is 5.10 Å². The summed E-state index contributed by atoms with van der Waals surface area (Å²) in [6.07, 6.45) is 1.01. The second-order valence-corrected chi connectivity index (χ2v) is 7.69. The summed E-state index contributed by atoms with van der Waals surface area (Å²) in [4.78, 5) is 15.3. The Morgan fingerprint density at radius 1 is 1.38 bits per heavy atom. The molecule has 2 heterocycles. The molecular weight excluding hydrogens is 377 g/mol. The molecule has 0 spiro atoms. The molecule has 9 heteroatoms. The second-order valence-electron chi connectivity index (χ2n) is 7.69. The average molecular weight is 401 g/mol. The second kappa shape index (κ2) is 7.94. The van der Waals surface area contributed by atoms with E-state index in [1.54, 1.807) is 37.4 Å². The van der Waals surface area contributed by atoms with Crippen molar-refractivity contribution in [1.29, 1.82) is 0 Å². The zero-order valence-electron chi connectivity index (χ0n) is 16.5. The number of hydrogen-bond acceptors (Lipinski definition) is 5. The van der Waals surface area contributed by atoms with Gasteiger partial charge in [0.1, 0.15) is 24.0 Å². The first-order valence-electron chi connectivity index (χ1n) is 9.21. The molecule has 0 aliphatic carbocycles. The summed E-state index contributed by atoms with van der Waals surface area (Å²) in [6, 6.07) is 7.69. The van der Waals surface area contributed by atoms with Crippen molar-refractivity contribution in [3.8, 4) is 17.0 Å². The minimum absolute atomic E-state index is 0.0713. The lowest BCUT2D eigenvalue weighted by Gasteiger charge is -2.31. The molecular formula is C20H24FN5O3. The normalized spacial score (nSPS) is 13.4. The number of fused-ring (bicyclic) bond motifs is 1. The van der Waals surface area contributed by atoms with Gasteiger partial charge in [0.15, 0.2) is 5.65 Å². The highest BCUT2D eigenvalue weighted by atomic mass is 19.1. The number of nitrogens with zero attached hydrogens (tertiary/aromatic N) is 3. The highest BCUT2D eigenvalue weighted by molar-refractivity contribution is 5.67. The van der Waals surface area contributed by atoms with Crippen molar-refractivity contribution in [2.75, 3.05) is 12.3 Å². The highest BCUT2D eigenvalue weighted by Gasteiger charge is 2.28. The summed E-state index contributed by atoms with van der Waals surface area (Å²) >= 11 is 0. The van der Waals surface area contributed by atoms with Crippen LogP contribution in [0.1, 0.15) is 27.2 Å². The molecule has 0 fully saturated rings. The number of carbonyl (C=O) groups is 1. The molecule has 0 radical (unpaired) electrons. The Hall–Kier alpha value is -3.36. The number of aromatic nitrogens is 3. The number of benzene rings is 1. The van der Waals surface area contributed by atoms with Crippen LogP contribution < -0.4 is 15.8 Å². The van der Waals surface area contributed by atoms with Crippen LogP contribution in [0.3, 0.4) is 0 Å². The molecule has 1 aromatic carbocycles. The molecule has 0 saturated carbocycles. The van der Waals surface area contributed by atoms with E-state index in [-0.39, 0.29) is 18.3 Å². The van der Waals surface area contributed by atoms with Gasteiger partial charge in [0, 0.05) is 23.8 Å².